The molecule has 104 heavy (non-hydrogen) atoms. The van der Waals surface area contributed by atoms with Gasteiger partial charge in [-0.2, -0.15) is 0 Å². The smallest absolute Gasteiger partial charge is 0.0645 e. The third-order valence-electron chi connectivity index (χ3n) is 20.1. The third kappa shape index (κ3) is 11.9. The molecule has 6 heteroatoms. The SMILES string of the molecule is c1ccc(-c2ccc3cc(Nc4cc5ccccc5c5c4sc4ccccc45)ccc3c2)cc1.c1ccc(-c2ccccc2-c2ccc(Nc3c4ccccc4cc4c3sc3ccccc34)cc2)cc1.c1ccc2cc(-c3ccc(Nc4cc5ccccc5c5c4sc4ccccc45)cc3)ccc2c1. The second-order valence-electron chi connectivity index (χ2n) is 26.5. The number of anilines is 6. The van der Waals surface area contributed by atoms with E-state index >= 15 is 0 Å². The zero-order valence-corrected chi connectivity index (χ0v) is 59.0. The zero-order valence-electron chi connectivity index (χ0n) is 56.5. The Morgan fingerprint density at radius 2 is 0.538 bits per heavy atom. The van der Waals surface area contributed by atoms with Gasteiger partial charge in [0.05, 0.1) is 31.2 Å². The van der Waals surface area contributed by atoms with E-state index in [2.05, 4.69) is 392 Å². The highest BCUT2D eigenvalue weighted by Gasteiger charge is 2.18. The zero-order chi connectivity index (χ0) is 68.9. The van der Waals surface area contributed by atoms with Crippen LogP contribution in [0.25, 0.3) is 159 Å². The minimum atomic E-state index is 1.09. The number of hydrogen-bond donors (Lipinski definition) is 3. The van der Waals surface area contributed by atoms with Gasteiger partial charge in [-0.25, -0.2) is 0 Å². The number of rotatable bonds is 10. The second kappa shape index (κ2) is 27.0. The van der Waals surface area contributed by atoms with Gasteiger partial charge in [0.15, 0.2) is 0 Å². The topological polar surface area (TPSA) is 36.1 Å². The molecule has 18 aromatic carbocycles. The molecule has 0 radical (unpaired) electrons. The summed E-state index contributed by atoms with van der Waals surface area (Å²) < 4.78 is 7.87. The molecule has 3 aromatic heterocycles. The van der Waals surface area contributed by atoms with E-state index in [1.807, 2.05) is 34.0 Å². The van der Waals surface area contributed by atoms with Crippen LogP contribution in [0.5, 0.6) is 0 Å². The highest BCUT2D eigenvalue weighted by molar-refractivity contribution is 7.27. The summed E-state index contributed by atoms with van der Waals surface area (Å²) in [5.74, 6) is 0. The van der Waals surface area contributed by atoms with Crippen molar-refractivity contribution in [3.8, 4) is 44.5 Å². The number of nitrogens with one attached hydrogen (secondary N) is 3. The van der Waals surface area contributed by atoms with Crippen molar-refractivity contribution in [2.75, 3.05) is 16.0 Å². The summed E-state index contributed by atoms with van der Waals surface area (Å²) in [5.41, 5.74) is 16.7. The monoisotopic (exact) mass is 1380 g/mol. The van der Waals surface area contributed by atoms with Crippen LogP contribution in [0.2, 0.25) is 0 Å². The summed E-state index contributed by atoms with van der Waals surface area (Å²) in [6, 6.07) is 135. The summed E-state index contributed by atoms with van der Waals surface area (Å²) in [6.07, 6.45) is 0. The Morgan fingerprint density at radius 3 is 1.12 bits per heavy atom. The third-order valence-corrected chi connectivity index (χ3v) is 23.7. The van der Waals surface area contributed by atoms with Gasteiger partial charge in [-0.05, 0) is 178 Å². The van der Waals surface area contributed by atoms with Gasteiger partial charge >= 0.3 is 0 Å². The standard InChI is InChI=1S/C34H23NS.2C32H21NS/c1-2-10-23(11-3-1)27-13-6-7-14-28(27)24-18-20-26(21-19-24)35-33-29-15-5-4-12-25(29)22-31-30-16-8-9-17-32(30)36-34(31)33;1-2-8-23-19-24(14-13-21(23)7-1)22-15-17-26(18-16-22)33-29-20-25-9-3-4-10-27(25)31-28-11-5-6-12-30(28)34-32(29)31;1-2-8-21(9-3-1)22-14-15-24-19-26(17-16-23(24)18-22)33-29-20-25-10-4-5-11-27(25)31-28-12-6-7-13-30(28)34-32(29)31/h1-22,35H;2*1-20,33H. The van der Waals surface area contributed by atoms with Crippen molar-refractivity contribution in [1.82, 2.24) is 0 Å². The minimum absolute atomic E-state index is 1.09. The van der Waals surface area contributed by atoms with Crippen LogP contribution < -0.4 is 16.0 Å². The number of hydrogen-bond acceptors (Lipinski definition) is 6. The first-order valence-electron chi connectivity index (χ1n) is 35.3. The van der Waals surface area contributed by atoms with Crippen molar-refractivity contribution in [3.05, 3.63) is 376 Å². The number of thiophene rings is 3. The predicted molar refractivity (Wildman–Crippen MR) is 456 cm³/mol. The number of fused-ring (bicyclic) bond motifs is 16. The quantitative estimate of drug-likeness (QED) is 0.128. The lowest BCUT2D eigenvalue weighted by Crippen LogP contribution is -1.92. The first-order chi connectivity index (χ1) is 51.5. The van der Waals surface area contributed by atoms with Gasteiger partial charge in [0.1, 0.15) is 0 Å². The van der Waals surface area contributed by atoms with Crippen LogP contribution >= 0.6 is 34.0 Å². The lowest BCUT2D eigenvalue weighted by atomic mass is 9.94. The Balaban J connectivity index is 0.000000107. The van der Waals surface area contributed by atoms with E-state index < -0.39 is 0 Å². The molecule has 3 nitrogen and oxygen atoms in total. The fraction of sp³-hybridized carbons (Fsp3) is 0. The summed E-state index contributed by atoms with van der Waals surface area (Å²) >= 11 is 5.58. The van der Waals surface area contributed by atoms with Crippen LogP contribution in [0.1, 0.15) is 0 Å². The van der Waals surface area contributed by atoms with Crippen molar-refractivity contribution < 1.29 is 0 Å². The molecule has 490 valence electrons. The lowest BCUT2D eigenvalue weighted by molar-refractivity contribution is 1.56. The van der Waals surface area contributed by atoms with Gasteiger partial charge in [0.2, 0.25) is 0 Å². The number of benzene rings is 18. The van der Waals surface area contributed by atoms with Crippen LogP contribution in [-0.2, 0) is 0 Å². The predicted octanol–water partition coefficient (Wildman–Crippen LogP) is 29.8. The Morgan fingerprint density at radius 1 is 0.183 bits per heavy atom. The van der Waals surface area contributed by atoms with Crippen LogP contribution in [0.15, 0.2) is 376 Å². The molecular weight excluding hydrogens is 1320 g/mol. The molecule has 0 spiro atoms. The van der Waals surface area contributed by atoms with Crippen LogP contribution in [0, 0.1) is 0 Å². The molecule has 0 saturated heterocycles. The fourth-order valence-corrected chi connectivity index (χ4v) is 18.6. The molecule has 0 amide bonds. The van der Waals surface area contributed by atoms with E-state index in [9.17, 15) is 0 Å². The molecule has 0 atom stereocenters. The van der Waals surface area contributed by atoms with E-state index in [-0.39, 0.29) is 0 Å². The Bertz CT molecular complexity index is 6810. The molecule has 21 aromatic rings. The first kappa shape index (κ1) is 62.3. The molecule has 21 rings (SSSR count). The first-order valence-corrected chi connectivity index (χ1v) is 37.7. The van der Waals surface area contributed by atoms with Gasteiger partial charge in [0.25, 0.3) is 0 Å². The molecule has 0 aliphatic carbocycles. The maximum atomic E-state index is 3.79. The highest BCUT2D eigenvalue weighted by atomic mass is 32.1. The van der Waals surface area contributed by atoms with Crippen molar-refractivity contribution in [1.29, 1.82) is 0 Å². The highest BCUT2D eigenvalue weighted by Crippen LogP contribution is 2.48. The maximum Gasteiger partial charge on any atom is 0.0645 e. The molecule has 0 aliphatic rings. The summed E-state index contributed by atoms with van der Waals surface area (Å²) in [6.45, 7) is 0. The average molecular weight is 1380 g/mol. The van der Waals surface area contributed by atoms with Crippen LogP contribution in [0.3, 0.4) is 0 Å². The lowest BCUT2D eigenvalue weighted by Gasteiger charge is -2.14. The van der Waals surface area contributed by atoms with E-state index in [0.717, 1.165) is 28.4 Å². The fourth-order valence-electron chi connectivity index (χ4n) is 15.0. The molecule has 0 saturated carbocycles. The largest absolute Gasteiger partial charge is 0.354 e. The summed E-state index contributed by atoms with van der Waals surface area (Å²) in [5, 5.41) is 31.9. The van der Waals surface area contributed by atoms with Gasteiger partial charge in [-0.3, -0.25) is 0 Å². The van der Waals surface area contributed by atoms with E-state index in [1.54, 1.807) is 0 Å². The van der Waals surface area contributed by atoms with Crippen molar-refractivity contribution in [2.24, 2.45) is 0 Å². The Labute approximate surface area is 614 Å². The van der Waals surface area contributed by atoms with Crippen LogP contribution in [-0.4, -0.2) is 0 Å². The Hall–Kier alpha value is -12.7. The molecule has 0 fully saturated rings. The summed E-state index contributed by atoms with van der Waals surface area (Å²) in [4.78, 5) is 0. The van der Waals surface area contributed by atoms with Crippen LogP contribution in [0.4, 0.5) is 34.1 Å². The minimum Gasteiger partial charge on any atom is -0.354 e. The van der Waals surface area contributed by atoms with Gasteiger partial charge in [-0.15, -0.1) is 34.0 Å². The maximum absolute atomic E-state index is 3.79. The normalized spacial score (nSPS) is 11.5. The molecular formula is C98H65N3S3. The van der Waals surface area contributed by atoms with E-state index in [1.165, 1.54) is 165 Å². The van der Waals surface area contributed by atoms with Gasteiger partial charge < -0.3 is 16.0 Å². The van der Waals surface area contributed by atoms with E-state index in [0.29, 0.717) is 0 Å². The van der Waals surface area contributed by atoms with Crippen molar-refractivity contribution in [3.63, 3.8) is 0 Å². The second-order valence-corrected chi connectivity index (χ2v) is 29.6. The molecule has 3 heterocycles. The van der Waals surface area contributed by atoms with Gasteiger partial charge in [-0.1, -0.05) is 291 Å². The average Bonchev–Trinajstić information content (AvgIpc) is 1.57. The Kier molecular flexibility index (Phi) is 16.2. The van der Waals surface area contributed by atoms with Gasteiger partial charge in [0, 0.05) is 68.9 Å². The summed E-state index contributed by atoms with van der Waals surface area (Å²) in [7, 11) is 0. The molecule has 0 unspecified atom stereocenters. The van der Waals surface area contributed by atoms with E-state index in [4.69, 9.17) is 0 Å². The molecule has 3 N–H and O–H groups in total. The van der Waals surface area contributed by atoms with Crippen molar-refractivity contribution in [2.45, 2.75) is 0 Å². The molecule has 0 aliphatic heterocycles. The molecule has 0 bridgehead atoms. The van der Waals surface area contributed by atoms with Crippen molar-refractivity contribution >= 4 is 183 Å².